The zero-order chi connectivity index (χ0) is 15.8. The van der Waals surface area contributed by atoms with Crippen LogP contribution in [0.25, 0.3) is 0 Å². The summed E-state index contributed by atoms with van der Waals surface area (Å²) in [6.45, 7) is 5.63. The highest BCUT2D eigenvalue weighted by atomic mass is 16.6. The predicted molar refractivity (Wildman–Crippen MR) is 78.5 cm³/mol. The van der Waals surface area contributed by atoms with Gasteiger partial charge in [-0.25, -0.2) is 4.98 Å². The molecule has 1 aromatic rings. The molecule has 0 radical (unpaired) electrons. The third kappa shape index (κ3) is 4.38. The van der Waals surface area contributed by atoms with E-state index in [9.17, 15) is 14.9 Å². The third-order valence-electron chi connectivity index (χ3n) is 2.93. The number of nitrogens with one attached hydrogen (secondary N) is 1. The summed E-state index contributed by atoms with van der Waals surface area (Å²) in [6, 6.07) is 1.24. The van der Waals surface area contributed by atoms with Gasteiger partial charge in [-0.1, -0.05) is 0 Å². The molecule has 0 fully saturated rings. The molecule has 0 aliphatic rings. The van der Waals surface area contributed by atoms with Crippen molar-refractivity contribution in [2.75, 3.05) is 38.7 Å². The highest BCUT2D eigenvalue weighted by Crippen LogP contribution is 2.20. The number of rotatable bonds is 8. The Hall–Kier alpha value is -2.22. The van der Waals surface area contributed by atoms with E-state index in [1.807, 2.05) is 13.8 Å². The first kappa shape index (κ1) is 16.8. The van der Waals surface area contributed by atoms with E-state index in [4.69, 9.17) is 4.74 Å². The van der Waals surface area contributed by atoms with Gasteiger partial charge in [-0.2, -0.15) is 0 Å². The monoisotopic (exact) mass is 296 g/mol. The van der Waals surface area contributed by atoms with Gasteiger partial charge in [0.1, 0.15) is 12.0 Å². The maximum atomic E-state index is 12.5. The highest BCUT2D eigenvalue weighted by Gasteiger charge is 2.21. The van der Waals surface area contributed by atoms with Gasteiger partial charge in [0.05, 0.1) is 17.1 Å². The standard InChI is InChI=1S/C13H20N4O4/c1-4-16(6-7-21-5-2)13(18)11-8-10(17(19)20)9-15-12(11)14-3/h8-9H,4-7H2,1-3H3,(H,14,15). The molecular formula is C13H20N4O4. The zero-order valence-electron chi connectivity index (χ0n) is 12.5. The van der Waals surface area contributed by atoms with Crippen LogP contribution in [0.4, 0.5) is 11.5 Å². The Kier molecular flexibility index (Phi) is 6.54. The number of carbonyl (C=O) groups excluding carboxylic acids is 1. The van der Waals surface area contributed by atoms with Crippen molar-refractivity contribution in [2.45, 2.75) is 13.8 Å². The first-order valence-electron chi connectivity index (χ1n) is 6.74. The van der Waals surface area contributed by atoms with Gasteiger partial charge in [0.2, 0.25) is 0 Å². The van der Waals surface area contributed by atoms with Crippen LogP contribution in [0.5, 0.6) is 0 Å². The van der Waals surface area contributed by atoms with Crippen LogP contribution in [0.3, 0.4) is 0 Å². The van der Waals surface area contributed by atoms with Crippen molar-refractivity contribution < 1.29 is 14.5 Å². The van der Waals surface area contributed by atoms with Crippen LogP contribution in [-0.2, 0) is 4.74 Å². The maximum absolute atomic E-state index is 12.5. The normalized spacial score (nSPS) is 10.2. The molecule has 0 aromatic carbocycles. The summed E-state index contributed by atoms with van der Waals surface area (Å²) in [5, 5.41) is 13.6. The van der Waals surface area contributed by atoms with E-state index in [1.54, 1.807) is 11.9 Å². The third-order valence-corrected chi connectivity index (χ3v) is 2.93. The summed E-state index contributed by atoms with van der Waals surface area (Å²) in [7, 11) is 1.61. The van der Waals surface area contributed by atoms with E-state index in [-0.39, 0.29) is 17.2 Å². The van der Waals surface area contributed by atoms with Gasteiger partial charge in [0, 0.05) is 32.8 Å². The molecule has 21 heavy (non-hydrogen) atoms. The fourth-order valence-electron chi connectivity index (χ4n) is 1.81. The summed E-state index contributed by atoms with van der Waals surface area (Å²) < 4.78 is 5.24. The number of nitro groups is 1. The van der Waals surface area contributed by atoms with Crippen molar-refractivity contribution in [3.05, 3.63) is 27.9 Å². The average molecular weight is 296 g/mol. The second kappa shape index (κ2) is 8.15. The lowest BCUT2D eigenvalue weighted by Gasteiger charge is -2.21. The number of hydrogen-bond donors (Lipinski definition) is 1. The van der Waals surface area contributed by atoms with Gasteiger partial charge in [-0.3, -0.25) is 14.9 Å². The molecule has 0 atom stereocenters. The SMILES string of the molecule is CCOCCN(CC)C(=O)c1cc([N+](=O)[O-])cnc1NC. The van der Waals surface area contributed by atoms with Crippen molar-refractivity contribution in [2.24, 2.45) is 0 Å². The molecule has 1 heterocycles. The van der Waals surface area contributed by atoms with Crippen molar-refractivity contribution in [1.82, 2.24) is 9.88 Å². The smallest absolute Gasteiger partial charge is 0.288 e. The van der Waals surface area contributed by atoms with Crippen LogP contribution in [0, 0.1) is 10.1 Å². The Labute approximate surface area is 123 Å². The van der Waals surface area contributed by atoms with E-state index in [0.717, 1.165) is 6.20 Å². The minimum Gasteiger partial charge on any atom is -0.380 e. The fourth-order valence-corrected chi connectivity index (χ4v) is 1.81. The number of carbonyl (C=O) groups is 1. The lowest BCUT2D eigenvalue weighted by molar-refractivity contribution is -0.385. The van der Waals surface area contributed by atoms with Gasteiger partial charge in [-0.15, -0.1) is 0 Å². The lowest BCUT2D eigenvalue weighted by Crippen LogP contribution is -2.34. The topological polar surface area (TPSA) is 97.6 Å². The molecule has 0 aliphatic carbocycles. The number of ether oxygens (including phenoxy) is 1. The van der Waals surface area contributed by atoms with Crippen LogP contribution >= 0.6 is 0 Å². The Bertz CT molecular complexity index is 507. The Morgan fingerprint density at radius 3 is 2.76 bits per heavy atom. The quantitative estimate of drug-likeness (QED) is 0.444. The van der Waals surface area contributed by atoms with Crippen LogP contribution in [0.2, 0.25) is 0 Å². The van der Waals surface area contributed by atoms with E-state index in [0.29, 0.717) is 32.1 Å². The Morgan fingerprint density at radius 1 is 1.52 bits per heavy atom. The number of hydrogen-bond acceptors (Lipinski definition) is 6. The lowest BCUT2D eigenvalue weighted by atomic mass is 10.2. The van der Waals surface area contributed by atoms with Crippen molar-refractivity contribution in [3.8, 4) is 0 Å². The molecule has 116 valence electrons. The van der Waals surface area contributed by atoms with E-state index >= 15 is 0 Å². The molecule has 8 heteroatoms. The maximum Gasteiger partial charge on any atom is 0.288 e. The molecule has 1 rings (SSSR count). The number of likely N-dealkylation sites (N-methyl/N-ethyl adjacent to an activating group) is 1. The largest absolute Gasteiger partial charge is 0.380 e. The number of anilines is 1. The summed E-state index contributed by atoms with van der Waals surface area (Å²) in [4.78, 5) is 28.2. The first-order valence-corrected chi connectivity index (χ1v) is 6.74. The Morgan fingerprint density at radius 2 is 2.24 bits per heavy atom. The van der Waals surface area contributed by atoms with Crippen LogP contribution in [-0.4, -0.2) is 54.1 Å². The molecule has 1 amide bonds. The highest BCUT2D eigenvalue weighted by molar-refractivity contribution is 5.99. The van der Waals surface area contributed by atoms with Gasteiger partial charge >= 0.3 is 0 Å². The molecule has 1 aromatic heterocycles. The minimum absolute atomic E-state index is 0.185. The zero-order valence-corrected chi connectivity index (χ0v) is 12.5. The van der Waals surface area contributed by atoms with Gasteiger partial charge in [0.15, 0.2) is 0 Å². The molecule has 0 bridgehead atoms. The fraction of sp³-hybridized carbons (Fsp3) is 0.538. The second-order valence-corrected chi connectivity index (χ2v) is 4.18. The van der Waals surface area contributed by atoms with Crippen LogP contribution < -0.4 is 5.32 Å². The molecule has 1 N–H and O–H groups in total. The molecule has 0 saturated carbocycles. The van der Waals surface area contributed by atoms with Gasteiger partial charge in [-0.05, 0) is 13.8 Å². The van der Waals surface area contributed by atoms with Crippen molar-refractivity contribution >= 4 is 17.4 Å². The summed E-state index contributed by atoms with van der Waals surface area (Å²) in [5.74, 6) is 0.0122. The molecule has 0 saturated heterocycles. The van der Waals surface area contributed by atoms with E-state index < -0.39 is 4.92 Å². The number of nitrogens with zero attached hydrogens (tertiary/aromatic N) is 3. The average Bonchev–Trinajstić information content (AvgIpc) is 2.50. The minimum atomic E-state index is -0.570. The molecule has 0 aliphatic heterocycles. The van der Waals surface area contributed by atoms with E-state index in [1.165, 1.54) is 6.07 Å². The number of aromatic nitrogens is 1. The molecule has 0 unspecified atom stereocenters. The predicted octanol–water partition coefficient (Wildman–Crippen LogP) is 1.53. The number of amides is 1. The Balaban J connectivity index is 3.02. The summed E-state index contributed by atoms with van der Waals surface area (Å²) in [5.41, 5.74) is -0.0248. The second-order valence-electron chi connectivity index (χ2n) is 4.18. The van der Waals surface area contributed by atoms with Crippen molar-refractivity contribution in [3.63, 3.8) is 0 Å². The van der Waals surface area contributed by atoms with Crippen molar-refractivity contribution in [1.29, 1.82) is 0 Å². The van der Waals surface area contributed by atoms with E-state index in [2.05, 4.69) is 10.3 Å². The van der Waals surface area contributed by atoms with Crippen LogP contribution in [0.1, 0.15) is 24.2 Å². The first-order chi connectivity index (χ1) is 10.0. The summed E-state index contributed by atoms with van der Waals surface area (Å²) in [6.07, 6.45) is 1.12. The summed E-state index contributed by atoms with van der Waals surface area (Å²) >= 11 is 0. The van der Waals surface area contributed by atoms with Gasteiger partial charge in [0.25, 0.3) is 11.6 Å². The molecular weight excluding hydrogens is 276 g/mol. The molecule has 0 spiro atoms. The number of pyridine rings is 1. The van der Waals surface area contributed by atoms with Gasteiger partial charge < -0.3 is 15.0 Å². The van der Waals surface area contributed by atoms with Crippen LogP contribution in [0.15, 0.2) is 12.3 Å². The molecule has 8 nitrogen and oxygen atoms in total.